The molecule has 0 saturated heterocycles. The first-order valence-electron chi connectivity index (χ1n) is 11.1. The molecule has 5 rings (SSSR count). The van der Waals surface area contributed by atoms with Gasteiger partial charge in [-0.05, 0) is 31.2 Å². The quantitative estimate of drug-likeness (QED) is 0.230. The Morgan fingerprint density at radius 3 is 2.39 bits per heavy atom. The number of ether oxygens (including phenoxy) is 1. The molecule has 0 atom stereocenters. The number of fused-ring (bicyclic) bond motifs is 1. The molecule has 6 nitrogen and oxygen atoms in total. The van der Waals surface area contributed by atoms with Crippen molar-refractivity contribution >= 4 is 55.2 Å². The summed E-state index contributed by atoms with van der Waals surface area (Å²) in [7, 11) is 0. The molecule has 0 unspecified atom stereocenters. The number of nitrogens with one attached hydrogen (secondary N) is 1. The van der Waals surface area contributed by atoms with Gasteiger partial charge in [0.25, 0.3) is 5.91 Å². The van der Waals surface area contributed by atoms with E-state index in [1.54, 1.807) is 6.07 Å². The van der Waals surface area contributed by atoms with Crippen LogP contribution in [0.5, 0.6) is 0 Å². The van der Waals surface area contributed by atoms with Crippen molar-refractivity contribution in [1.29, 1.82) is 0 Å². The number of para-hydroxylation sites is 1. The van der Waals surface area contributed by atoms with Crippen molar-refractivity contribution in [1.82, 2.24) is 9.97 Å². The number of thiazole rings is 1. The van der Waals surface area contributed by atoms with E-state index in [0.717, 1.165) is 26.9 Å². The van der Waals surface area contributed by atoms with Crippen molar-refractivity contribution in [3.8, 4) is 22.5 Å². The number of rotatable bonds is 6. The van der Waals surface area contributed by atoms with Crippen molar-refractivity contribution < 1.29 is 14.3 Å². The second kappa shape index (κ2) is 10.4. The van der Waals surface area contributed by atoms with Gasteiger partial charge in [0.05, 0.1) is 22.5 Å². The summed E-state index contributed by atoms with van der Waals surface area (Å²) < 4.78 is 6.32. The minimum Gasteiger partial charge on any atom is -0.452 e. The van der Waals surface area contributed by atoms with Crippen LogP contribution < -0.4 is 5.32 Å². The first-order chi connectivity index (χ1) is 17.5. The van der Waals surface area contributed by atoms with E-state index in [1.807, 2.05) is 85.1 Å². The number of aromatic nitrogens is 2. The van der Waals surface area contributed by atoms with Gasteiger partial charge in [-0.1, -0.05) is 76.1 Å². The smallest absolute Gasteiger partial charge is 0.339 e. The summed E-state index contributed by atoms with van der Waals surface area (Å²) >= 11 is 4.75. The second-order valence-electron chi connectivity index (χ2n) is 8.11. The minimum atomic E-state index is -0.596. The third kappa shape index (κ3) is 5.35. The average molecular weight is 558 g/mol. The predicted octanol–water partition coefficient (Wildman–Crippen LogP) is 6.89. The number of carbonyl (C=O) groups excluding carboxylic acids is 2. The van der Waals surface area contributed by atoms with Crippen LogP contribution in [0, 0.1) is 6.92 Å². The van der Waals surface area contributed by atoms with Crippen molar-refractivity contribution in [2.45, 2.75) is 6.92 Å². The molecule has 0 radical (unpaired) electrons. The summed E-state index contributed by atoms with van der Waals surface area (Å²) in [5, 5.41) is 5.68. The molecule has 5 aromatic rings. The predicted molar refractivity (Wildman–Crippen MR) is 146 cm³/mol. The minimum absolute atomic E-state index is 0.349. The van der Waals surface area contributed by atoms with Gasteiger partial charge in [0.2, 0.25) is 0 Å². The van der Waals surface area contributed by atoms with Crippen LogP contribution in [0.2, 0.25) is 0 Å². The molecule has 36 heavy (non-hydrogen) atoms. The van der Waals surface area contributed by atoms with E-state index in [9.17, 15) is 9.59 Å². The molecule has 2 heterocycles. The van der Waals surface area contributed by atoms with Crippen LogP contribution in [0.15, 0.2) is 88.7 Å². The SMILES string of the molecule is Cc1ccc(-c2csc(NC(=O)COC(=O)c3cc(-c4ccc(Br)cc4)nc4ccccc34)n2)cc1. The zero-order valence-corrected chi connectivity index (χ0v) is 21.6. The highest BCUT2D eigenvalue weighted by molar-refractivity contribution is 9.10. The van der Waals surface area contributed by atoms with Gasteiger partial charge in [-0.15, -0.1) is 11.3 Å². The summed E-state index contributed by atoms with van der Waals surface area (Å²) in [6.07, 6.45) is 0. The molecular formula is C28H20BrN3O3S. The van der Waals surface area contributed by atoms with E-state index in [1.165, 1.54) is 11.3 Å². The number of anilines is 1. The first kappa shape index (κ1) is 23.8. The third-order valence-electron chi connectivity index (χ3n) is 5.51. The maximum Gasteiger partial charge on any atom is 0.339 e. The number of aryl methyl sites for hydroxylation is 1. The van der Waals surface area contributed by atoms with Crippen LogP contribution in [0.25, 0.3) is 33.4 Å². The molecule has 2 aromatic heterocycles. The Morgan fingerprint density at radius 2 is 1.61 bits per heavy atom. The van der Waals surface area contributed by atoms with E-state index in [2.05, 4.69) is 26.2 Å². The Kier molecular flexibility index (Phi) is 6.88. The molecule has 0 fully saturated rings. The molecule has 0 spiro atoms. The lowest BCUT2D eigenvalue weighted by atomic mass is 10.0. The Morgan fingerprint density at radius 1 is 0.917 bits per heavy atom. The van der Waals surface area contributed by atoms with Gasteiger partial charge in [-0.2, -0.15) is 0 Å². The standard InChI is InChI=1S/C28H20BrN3O3S/c1-17-6-8-19(9-7-17)25-16-36-28(31-25)32-26(33)15-35-27(34)22-14-24(18-10-12-20(29)13-11-18)30-23-5-3-2-4-21(22)23/h2-14,16H,15H2,1H3,(H,31,32,33). The molecule has 0 aliphatic rings. The Labute approximate surface area is 220 Å². The van der Waals surface area contributed by atoms with Crippen LogP contribution in [-0.4, -0.2) is 28.5 Å². The van der Waals surface area contributed by atoms with Crippen LogP contribution in [0.1, 0.15) is 15.9 Å². The average Bonchev–Trinajstić information content (AvgIpc) is 3.35. The molecule has 0 saturated carbocycles. The fourth-order valence-corrected chi connectivity index (χ4v) is 4.67. The Balaban J connectivity index is 1.30. The number of carbonyl (C=O) groups is 2. The molecular weight excluding hydrogens is 538 g/mol. The number of benzene rings is 3. The van der Waals surface area contributed by atoms with E-state index in [4.69, 9.17) is 9.72 Å². The molecule has 1 amide bonds. The first-order valence-corrected chi connectivity index (χ1v) is 12.8. The Hall–Kier alpha value is -3.88. The maximum atomic E-state index is 13.0. The lowest BCUT2D eigenvalue weighted by Gasteiger charge is -2.10. The van der Waals surface area contributed by atoms with Crippen LogP contribution in [-0.2, 0) is 9.53 Å². The maximum absolute atomic E-state index is 13.0. The van der Waals surface area contributed by atoms with Gasteiger partial charge in [0.15, 0.2) is 11.7 Å². The highest BCUT2D eigenvalue weighted by Crippen LogP contribution is 2.27. The normalized spacial score (nSPS) is 10.8. The fourth-order valence-electron chi connectivity index (χ4n) is 3.67. The van der Waals surface area contributed by atoms with Crippen LogP contribution in [0.4, 0.5) is 5.13 Å². The molecule has 0 bridgehead atoms. The summed E-state index contributed by atoms with van der Waals surface area (Å²) in [4.78, 5) is 34.7. The molecule has 3 aromatic carbocycles. The van der Waals surface area contributed by atoms with Crippen molar-refractivity contribution in [2.75, 3.05) is 11.9 Å². The zero-order chi connectivity index (χ0) is 25.1. The van der Waals surface area contributed by atoms with Gasteiger partial charge in [-0.3, -0.25) is 10.1 Å². The van der Waals surface area contributed by atoms with E-state index >= 15 is 0 Å². The van der Waals surface area contributed by atoms with Crippen molar-refractivity contribution in [3.63, 3.8) is 0 Å². The number of halogens is 1. The van der Waals surface area contributed by atoms with Crippen molar-refractivity contribution in [2.24, 2.45) is 0 Å². The van der Waals surface area contributed by atoms with Crippen LogP contribution in [0.3, 0.4) is 0 Å². The molecule has 178 valence electrons. The highest BCUT2D eigenvalue weighted by atomic mass is 79.9. The lowest BCUT2D eigenvalue weighted by molar-refractivity contribution is -0.119. The van der Waals surface area contributed by atoms with Gasteiger partial charge in [-0.25, -0.2) is 14.8 Å². The molecule has 8 heteroatoms. The van der Waals surface area contributed by atoms with Gasteiger partial charge in [0.1, 0.15) is 0 Å². The number of hydrogen-bond acceptors (Lipinski definition) is 6. The number of amides is 1. The fraction of sp³-hybridized carbons (Fsp3) is 0.0714. The number of nitrogens with zero attached hydrogens (tertiary/aromatic N) is 2. The monoisotopic (exact) mass is 557 g/mol. The van der Waals surface area contributed by atoms with Gasteiger partial charge >= 0.3 is 5.97 Å². The second-order valence-corrected chi connectivity index (χ2v) is 9.88. The molecule has 0 aliphatic carbocycles. The summed E-state index contributed by atoms with van der Waals surface area (Å²) in [6, 6.07) is 24.7. The summed E-state index contributed by atoms with van der Waals surface area (Å²) in [5.74, 6) is -1.05. The van der Waals surface area contributed by atoms with E-state index in [0.29, 0.717) is 27.3 Å². The topological polar surface area (TPSA) is 81.2 Å². The highest BCUT2D eigenvalue weighted by Gasteiger charge is 2.17. The number of hydrogen-bond donors (Lipinski definition) is 1. The van der Waals surface area contributed by atoms with Gasteiger partial charge < -0.3 is 4.74 Å². The lowest BCUT2D eigenvalue weighted by Crippen LogP contribution is -2.21. The van der Waals surface area contributed by atoms with Crippen molar-refractivity contribution in [3.05, 3.63) is 99.8 Å². The largest absolute Gasteiger partial charge is 0.452 e. The summed E-state index contributed by atoms with van der Waals surface area (Å²) in [5.41, 5.74) is 5.43. The summed E-state index contributed by atoms with van der Waals surface area (Å²) in [6.45, 7) is 1.59. The van der Waals surface area contributed by atoms with E-state index in [-0.39, 0.29) is 0 Å². The van der Waals surface area contributed by atoms with Crippen LogP contribution >= 0.6 is 27.3 Å². The molecule has 1 N–H and O–H groups in total. The zero-order valence-electron chi connectivity index (χ0n) is 19.2. The van der Waals surface area contributed by atoms with Gasteiger partial charge in [0, 0.05) is 26.4 Å². The molecule has 0 aliphatic heterocycles. The van der Waals surface area contributed by atoms with E-state index < -0.39 is 18.5 Å². The number of pyridine rings is 1. The Bertz CT molecular complexity index is 1560. The third-order valence-corrected chi connectivity index (χ3v) is 6.79. The number of esters is 1.